The van der Waals surface area contributed by atoms with E-state index >= 15 is 0 Å². The quantitative estimate of drug-likeness (QED) is 0.815. The van der Waals surface area contributed by atoms with Crippen molar-refractivity contribution in [2.24, 2.45) is 0 Å². The molecule has 0 aliphatic heterocycles. The highest BCUT2D eigenvalue weighted by molar-refractivity contribution is 5.93. The summed E-state index contributed by atoms with van der Waals surface area (Å²) in [6.45, 7) is 6.44. The molecule has 1 aromatic rings. The summed E-state index contributed by atoms with van der Waals surface area (Å²) < 4.78 is 0. The standard InChI is InChI=1S/C14H23N3O2/c1-5-17(10-6-9-16(3)4)13-12(14(18)19)8-7-11(2)15-13/h7-8H,5-6,9-10H2,1-4H3,(H,18,19). The van der Waals surface area contributed by atoms with Crippen LogP contribution in [-0.4, -0.2) is 54.7 Å². The summed E-state index contributed by atoms with van der Waals surface area (Å²) >= 11 is 0. The first kappa shape index (κ1) is 15.4. The van der Waals surface area contributed by atoms with Crippen LogP contribution in [0.2, 0.25) is 0 Å². The van der Waals surface area contributed by atoms with Crippen LogP contribution in [0.3, 0.4) is 0 Å². The second-order valence-corrected chi connectivity index (χ2v) is 4.87. The summed E-state index contributed by atoms with van der Waals surface area (Å²) in [5.41, 5.74) is 1.11. The number of aromatic nitrogens is 1. The molecule has 0 aliphatic rings. The third kappa shape index (κ3) is 4.52. The van der Waals surface area contributed by atoms with E-state index in [1.165, 1.54) is 0 Å². The van der Waals surface area contributed by atoms with E-state index in [0.29, 0.717) is 5.82 Å². The highest BCUT2D eigenvalue weighted by Crippen LogP contribution is 2.19. The van der Waals surface area contributed by atoms with Crippen molar-refractivity contribution in [2.45, 2.75) is 20.3 Å². The van der Waals surface area contributed by atoms with Gasteiger partial charge in [-0.15, -0.1) is 0 Å². The predicted molar refractivity (Wildman–Crippen MR) is 77.0 cm³/mol. The van der Waals surface area contributed by atoms with Gasteiger partial charge in [0.15, 0.2) is 0 Å². The molecule has 0 spiro atoms. The summed E-state index contributed by atoms with van der Waals surface area (Å²) in [6.07, 6.45) is 0.982. The molecule has 0 bridgehead atoms. The van der Waals surface area contributed by atoms with Crippen LogP contribution < -0.4 is 4.90 Å². The number of carbonyl (C=O) groups is 1. The van der Waals surface area contributed by atoms with Crippen LogP contribution in [0.25, 0.3) is 0 Å². The smallest absolute Gasteiger partial charge is 0.339 e. The maximum Gasteiger partial charge on any atom is 0.339 e. The minimum absolute atomic E-state index is 0.275. The van der Waals surface area contributed by atoms with Crippen molar-refractivity contribution in [1.29, 1.82) is 0 Å². The Morgan fingerprint density at radius 2 is 2.00 bits per heavy atom. The van der Waals surface area contributed by atoms with Crippen LogP contribution in [-0.2, 0) is 0 Å². The Balaban J connectivity index is 2.90. The summed E-state index contributed by atoms with van der Waals surface area (Å²) in [5, 5.41) is 9.24. The Morgan fingerprint density at radius 1 is 1.32 bits per heavy atom. The van der Waals surface area contributed by atoms with Gasteiger partial charge in [-0.1, -0.05) is 0 Å². The van der Waals surface area contributed by atoms with Gasteiger partial charge in [-0.05, 0) is 53.0 Å². The molecule has 0 aliphatic carbocycles. The number of carboxylic acids is 1. The van der Waals surface area contributed by atoms with Crippen molar-refractivity contribution >= 4 is 11.8 Å². The highest BCUT2D eigenvalue weighted by atomic mass is 16.4. The molecule has 5 nitrogen and oxygen atoms in total. The summed E-state index contributed by atoms with van der Waals surface area (Å²) in [7, 11) is 4.06. The lowest BCUT2D eigenvalue weighted by atomic mass is 10.2. The number of anilines is 1. The monoisotopic (exact) mass is 265 g/mol. The topological polar surface area (TPSA) is 56.7 Å². The first-order valence-electron chi connectivity index (χ1n) is 6.56. The lowest BCUT2D eigenvalue weighted by Crippen LogP contribution is -2.29. The van der Waals surface area contributed by atoms with Crippen LogP contribution in [0.4, 0.5) is 5.82 Å². The third-order valence-electron chi connectivity index (χ3n) is 2.96. The molecule has 0 fully saturated rings. The predicted octanol–water partition coefficient (Wildman–Crippen LogP) is 1.87. The molecular formula is C14H23N3O2. The summed E-state index contributed by atoms with van der Waals surface area (Å²) in [6, 6.07) is 3.37. The Hall–Kier alpha value is -1.62. The van der Waals surface area contributed by atoms with Crippen molar-refractivity contribution in [2.75, 3.05) is 38.6 Å². The van der Waals surface area contributed by atoms with Gasteiger partial charge >= 0.3 is 5.97 Å². The maximum absolute atomic E-state index is 11.3. The Bertz CT molecular complexity index is 433. The van der Waals surface area contributed by atoms with E-state index < -0.39 is 5.97 Å². The number of hydrogen-bond acceptors (Lipinski definition) is 4. The van der Waals surface area contributed by atoms with Gasteiger partial charge in [0.2, 0.25) is 0 Å². The van der Waals surface area contributed by atoms with Gasteiger partial charge in [-0.3, -0.25) is 0 Å². The zero-order valence-corrected chi connectivity index (χ0v) is 12.2. The van der Waals surface area contributed by atoms with Gasteiger partial charge < -0.3 is 14.9 Å². The largest absolute Gasteiger partial charge is 0.478 e. The van der Waals surface area contributed by atoms with Crippen molar-refractivity contribution in [3.63, 3.8) is 0 Å². The number of aryl methyl sites for hydroxylation is 1. The van der Waals surface area contributed by atoms with E-state index in [1.54, 1.807) is 12.1 Å². The molecule has 0 aromatic carbocycles. The second-order valence-electron chi connectivity index (χ2n) is 4.87. The van der Waals surface area contributed by atoms with Crippen molar-refractivity contribution in [3.05, 3.63) is 23.4 Å². The van der Waals surface area contributed by atoms with Crippen LogP contribution in [0, 0.1) is 6.92 Å². The highest BCUT2D eigenvalue weighted by Gasteiger charge is 2.16. The maximum atomic E-state index is 11.3. The Morgan fingerprint density at radius 3 is 2.53 bits per heavy atom. The van der Waals surface area contributed by atoms with Crippen LogP contribution in [0.5, 0.6) is 0 Å². The molecule has 1 aromatic heterocycles. The van der Waals surface area contributed by atoms with E-state index in [4.69, 9.17) is 0 Å². The van der Waals surface area contributed by atoms with Crippen LogP contribution >= 0.6 is 0 Å². The fourth-order valence-electron chi connectivity index (χ4n) is 1.94. The first-order chi connectivity index (χ1) is 8.95. The molecule has 1 N–H and O–H groups in total. The SMILES string of the molecule is CCN(CCCN(C)C)c1nc(C)ccc1C(=O)O. The third-order valence-corrected chi connectivity index (χ3v) is 2.96. The van der Waals surface area contributed by atoms with Gasteiger partial charge in [0, 0.05) is 18.8 Å². The lowest BCUT2D eigenvalue weighted by molar-refractivity contribution is 0.0697. The van der Waals surface area contributed by atoms with E-state index in [2.05, 4.69) is 9.88 Å². The van der Waals surface area contributed by atoms with Gasteiger partial charge in [0.25, 0.3) is 0 Å². The Labute approximate surface area is 114 Å². The molecule has 5 heteroatoms. The number of carboxylic acid groups (broad SMARTS) is 1. The summed E-state index contributed by atoms with van der Waals surface area (Å²) in [4.78, 5) is 19.8. The minimum atomic E-state index is -0.923. The molecule has 0 unspecified atom stereocenters. The number of rotatable bonds is 7. The Kier molecular flexibility index (Phi) is 5.76. The molecule has 1 rings (SSSR count). The molecular weight excluding hydrogens is 242 g/mol. The van der Waals surface area contributed by atoms with Gasteiger partial charge in [0.05, 0.1) is 0 Å². The zero-order valence-electron chi connectivity index (χ0n) is 12.2. The van der Waals surface area contributed by atoms with E-state index in [0.717, 1.165) is 31.7 Å². The normalized spacial score (nSPS) is 10.8. The average Bonchev–Trinajstić information content (AvgIpc) is 2.33. The molecule has 0 radical (unpaired) electrons. The number of hydrogen-bond donors (Lipinski definition) is 1. The number of aromatic carboxylic acids is 1. The molecule has 0 amide bonds. The molecule has 0 atom stereocenters. The van der Waals surface area contributed by atoms with Crippen molar-refractivity contribution in [3.8, 4) is 0 Å². The zero-order chi connectivity index (χ0) is 14.4. The fourth-order valence-corrected chi connectivity index (χ4v) is 1.94. The molecule has 19 heavy (non-hydrogen) atoms. The van der Waals surface area contributed by atoms with Crippen molar-refractivity contribution in [1.82, 2.24) is 9.88 Å². The van der Waals surface area contributed by atoms with E-state index in [1.807, 2.05) is 32.8 Å². The van der Waals surface area contributed by atoms with Crippen molar-refractivity contribution < 1.29 is 9.90 Å². The molecule has 0 saturated carbocycles. The van der Waals surface area contributed by atoms with Gasteiger partial charge in [-0.25, -0.2) is 9.78 Å². The van der Waals surface area contributed by atoms with E-state index in [9.17, 15) is 9.90 Å². The molecule has 0 saturated heterocycles. The van der Waals surface area contributed by atoms with Gasteiger partial charge in [-0.2, -0.15) is 0 Å². The number of nitrogens with zero attached hydrogens (tertiary/aromatic N) is 3. The number of pyridine rings is 1. The average molecular weight is 265 g/mol. The molecule has 1 heterocycles. The van der Waals surface area contributed by atoms with Crippen LogP contribution in [0.15, 0.2) is 12.1 Å². The second kappa shape index (κ2) is 7.09. The van der Waals surface area contributed by atoms with Crippen LogP contribution in [0.1, 0.15) is 29.4 Å². The minimum Gasteiger partial charge on any atom is -0.478 e. The fraction of sp³-hybridized carbons (Fsp3) is 0.571. The lowest BCUT2D eigenvalue weighted by Gasteiger charge is -2.24. The molecule has 106 valence electrons. The van der Waals surface area contributed by atoms with E-state index in [-0.39, 0.29) is 5.56 Å². The first-order valence-corrected chi connectivity index (χ1v) is 6.56. The summed E-state index contributed by atoms with van der Waals surface area (Å²) in [5.74, 6) is -0.345. The van der Waals surface area contributed by atoms with Gasteiger partial charge in [0.1, 0.15) is 11.4 Å².